The van der Waals surface area contributed by atoms with Gasteiger partial charge in [0.2, 0.25) is 15.9 Å². The van der Waals surface area contributed by atoms with Crippen molar-refractivity contribution in [3.63, 3.8) is 0 Å². The van der Waals surface area contributed by atoms with Crippen molar-refractivity contribution >= 4 is 26.7 Å². The van der Waals surface area contributed by atoms with Crippen LogP contribution in [0.1, 0.15) is 33.3 Å². The number of benzene rings is 1. The van der Waals surface area contributed by atoms with E-state index in [-0.39, 0.29) is 16.6 Å². The molecule has 0 radical (unpaired) electrons. The third-order valence-corrected chi connectivity index (χ3v) is 6.68. The summed E-state index contributed by atoms with van der Waals surface area (Å²) in [5, 5.41) is 2.12. The van der Waals surface area contributed by atoms with Crippen LogP contribution in [0.2, 0.25) is 0 Å². The van der Waals surface area contributed by atoms with E-state index in [1.165, 1.54) is 26.2 Å². The van der Waals surface area contributed by atoms with Crippen LogP contribution in [-0.4, -0.2) is 47.7 Å². The van der Waals surface area contributed by atoms with Gasteiger partial charge in [-0.05, 0) is 45.4 Å². The molecule has 6 nitrogen and oxygen atoms in total. The molecule has 0 fully saturated rings. The summed E-state index contributed by atoms with van der Waals surface area (Å²) in [5.74, 6) is -0.159. The van der Waals surface area contributed by atoms with Gasteiger partial charge >= 0.3 is 0 Å². The lowest BCUT2D eigenvalue weighted by atomic mass is 10.1. The monoisotopic (exact) mass is 374 g/mol. The zero-order chi connectivity index (χ0) is 18.7. The molecule has 1 rings (SSSR count). The number of carbonyl (C=O) groups is 1. The molecule has 0 unspecified atom stereocenters. The second-order valence-corrected chi connectivity index (χ2v) is 10.8. The van der Waals surface area contributed by atoms with Crippen molar-refractivity contribution in [3.8, 4) is 0 Å². The normalized spacial score (nSPS) is 15.1. The summed E-state index contributed by atoms with van der Waals surface area (Å²) in [5.41, 5.74) is 0.224. The second-order valence-electron chi connectivity index (χ2n) is 6.84. The first-order valence-corrected chi connectivity index (χ1v) is 10.4. The van der Waals surface area contributed by atoms with Gasteiger partial charge in [0.15, 0.2) is 0 Å². The van der Waals surface area contributed by atoms with Gasteiger partial charge in [-0.3, -0.25) is 9.00 Å². The molecule has 24 heavy (non-hydrogen) atoms. The first kappa shape index (κ1) is 20.8. The summed E-state index contributed by atoms with van der Waals surface area (Å²) >= 11 is 0. The third-order valence-electron chi connectivity index (χ3n) is 3.25. The lowest BCUT2D eigenvalue weighted by Gasteiger charge is -2.23. The quantitative estimate of drug-likeness (QED) is 0.818. The zero-order valence-electron chi connectivity index (χ0n) is 15.0. The Bertz CT molecular complexity index is 722. The van der Waals surface area contributed by atoms with Gasteiger partial charge in [-0.25, -0.2) is 12.7 Å². The van der Waals surface area contributed by atoms with E-state index in [4.69, 9.17) is 0 Å². The fourth-order valence-electron chi connectivity index (χ4n) is 1.89. The van der Waals surface area contributed by atoms with Crippen molar-refractivity contribution in [1.29, 1.82) is 0 Å². The Morgan fingerprint density at radius 3 is 2.38 bits per heavy atom. The van der Waals surface area contributed by atoms with E-state index in [9.17, 15) is 17.4 Å². The lowest BCUT2D eigenvalue weighted by molar-refractivity contribution is -0.121. The molecule has 2 atom stereocenters. The maximum absolute atomic E-state index is 12.4. The molecule has 0 saturated heterocycles. The number of nitrogens with one attached hydrogen (secondary N) is 1. The summed E-state index contributed by atoms with van der Waals surface area (Å²) in [6.07, 6.45) is 0. The molecule has 0 heterocycles. The largest absolute Gasteiger partial charge is 0.350 e. The van der Waals surface area contributed by atoms with E-state index in [1.807, 2.05) is 20.8 Å². The summed E-state index contributed by atoms with van der Waals surface area (Å²) in [4.78, 5) is 12.2. The minimum absolute atomic E-state index is 0.121. The minimum Gasteiger partial charge on any atom is -0.350 e. The number of nitrogens with zero attached hydrogens (tertiary/aromatic N) is 1. The van der Waals surface area contributed by atoms with Crippen molar-refractivity contribution in [1.82, 2.24) is 9.62 Å². The van der Waals surface area contributed by atoms with Gasteiger partial charge in [-0.1, -0.05) is 12.1 Å². The number of carbonyl (C=O) groups excluding carboxylic acids is 1. The standard InChI is InChI=1S/C16H26N2O4S2/c1-12(15(19)17-16(2,3)4)23(20)11-13-8-7-9-14(10-13)24(21,22)18(5)6/h7-10,12H,11H2,1-6H3,(H,17,19)/t12-,23-/m1/s1. The zero-order valence-corrected chi connectivity index (χ0v) is 16.6. The maximum atomic E-state index is 12.4. The van der Waals surface area contributed by atoms with Gasteiger partial charge < -0.3 is 5.32 Å². The molecule has 8 heteroatoms. The molecule has 0 bridgehead atoms. The van der Waals surface area contributed by atoms with E-state index in [1.54, 1.807) is 19.1 Å². The predicted molar refractivity (Wildman–Crippen MR) is 96.5 cm³/mol. The molecule has 0 aliphatic carbocycles. The van der Waals surface area contributed by atoms with Crippen molar-refractivity contribution in [2.45, 2.75) is 49.1 Å². The fourth-order valence-corrected chi connectivity index (χ4v) is 3.91. The van der Waals surface area contributed by atoms with Crippen LogP contribution in [-0.2, 0) is 31.4 Å². The Balaban J connectivity index is 2.91. The highest BCUT2D eigenvalue weighted by Crippen LogP contribution is 2.17. The van der Waals surface area contributed by atoms with Crippen LogP contribution in [0.25, 0.3) is 0 Å². The predicted octanol–water partition coefficient (Wildman–Crippen LogP) is 1.49. The summed E-state index contributed by atoms with van der Waals surface area (Å²) in [7, 11) is -2.07. The maximum Gasteiger partial charge on any atom is 0.242 e. The Hall–Kier alpha value is -1.25. The third kappa shape index (κ3) is 5.68. The second kappa shape index (κ2) is 7.76. The van der Waals surface area contributed by atoms with Crippen LogP contribution in [0.5, 0.6) is 0 Å². The van der Waals surface area contributed by atoms with E-state index in [0.717, 1.165) is 4.31 Å². The Morgan fingerprint density at radius 1 is 1.29 bits per heavy atom. The number of amides is 1. The molecular weight excluding hydrogens is 348 g/mol. The number of hydrogen-bond donors (Lipinski definition) is 1. The Labute approximate surface area is 147 Å². The molecule has 0 spiro atoms. The van der Waals surface area contributed by atoms with Crippen LogP contribution in [0.15, 0.2) is 29.2 Å². The highest BCUT2D eigenvalue weighted by molar-refractivity contribution is 7.89. The van der Waals surface area contributed by atoms with Crippen LogP contribution in [0, 0.1) is 0 Å². The lowest BCUT2D eigenvalue weighted by Crippen LogP contribution is -2.46. The van der Waals surface area contributed by atoms with E-state index >= 15 is 0 Å². The highest BCUT2D eigenvalue weighted by Gasteiger charge is 2.24. The molecule has 1 amide bonds. The first-order valence-electron chi connectivity index (χ1n) is 7.55. The SMILES string of the molecule is C[C@H](C(=O)NC(C)(C)C)[S@](=O)Cc1cccc(S(=O)(=O)N(C)C)c1. The smallest absolute Gasteiger partial charge is 0.242 e. The first-order chi connectivity index (χ1) is 10.8. The summed E-state index contributed by atoms with van der Waals surface area (Å²) in [6.45, 7) is 7.18. The molecule has 136 valence electrons. The topological polar surface area (TPSA) is 83.5 Å². The molecule has 0 aromatic heterocycles. The molecule has 0 saturated carbocycles. The summed E-state index contributed by atoms with van der Waals surface area (Å²) < 4.78 is 37.9. The van der Waals surface area contributed by atoms with Gasteiger partial charge in [0, 0.05) is 36.2 Å². The molecule has 0 aliphatic heterocycles. The van der Waals surface area contributed by atoms with Crippen LogP contribution < -0.4 is 5.32 Å². The van der Waals surface area contributed by atoms with Crippen molar-refractivity contribution in [2.75, 3.05) is 14.1 Å². The Kier molecular flexibility index (Phi) is 6.72. The van der Waals surface area contributed by atoms with Crippen molar-refractivity contribution in [2.24, 2.45) is 0 Å². The highest BCUT2D eigenvalue weighted by atomic mass is 32.2. The van der Waals surface area contributed by atoms with E-state index in [2.05, 4.69) is 5.32 Å². The van der Waals surface area contributed by atoms with Crippen molar-refractivity contribution in [3.05, 3.63) is 29.8 Å². The van der Waals surface area contributed by atoms with Crippen LogP contribution >= 0.6 is 0 Å². The molecular formula is C16H26N2O4S2. The van der Waals surface area contributed by atoms with Crippen LogP contribution in [0.3, 0.4) is 0 Å². The Morgan fingerprint density at radius 2 is 1.88 bits per heavy atom. The average molecular weight is 375 g/mol. The van der Waals surface area contributed by atoms with Gasteiger partial charge in [0.1, 0.15) is 5.25 Å². The summed E-state index contributed by atoms with van der Waals surface area (Å²) in [6, 6.07) is 6.32. The van der Waals surface area contributed by atoms with Gasteiger partial charge in [0.25, 0.3) is 0 Å². The van der Waals surface area contributed by atoms with Gasteiger partial charge in [-0.2, -0.15) is 0 Å². The van der Waals surface area contributed by atoms with Gasteiger partial charge in [-0.15, -0.1) is 0 Å². The molecule has 1 aromatic carbocycles. The van der Waals surface area contributed by atoms with E-state index in [0.29, 0.717) is 5.56 Å². The van der Waals surface area contributed by atoms with E-state index < -0.39 is 31.6 Å². The molecule has 0 aliphatic rings. The molecule has 1 N–H and O–H groups in total. The van der Waals surface area contributed by atoms with Crippen LogP contribution in [0.4, 0.5) is 0 Å². The fraction of sp³-hybridized carbons (Fsp3) is 0.562. The number of rotatable bonds is 6. The molecule has 1 aromatic rings. The van der Waals surface area contributed by atoms with Crippen molar-refractivity contribution < 1.29 is 17.4 Å². The number of hydrogen-bond acceptors (Lipinski definition) is 4. The number of sulfonamides is 1. The minimum atomic E-state index is -3.54. The average Bonchev–Trinajstić information content (AvgIpc) is 2.44. The van der Waals surface area contributed by atoms with Gasteiger partial charge in [0.05, 0.1) is 4.90 Å².